The van der Waals surface area contributed by atoms with Gasteiger partial charge in [0.05, 0.1) is 26.4 Å². The van der Waals surface area contributed by atoms with Gasteiger partial charge < -0.3 is 33.8 Å². The third kappa shape index (κ3) is 80.5. The Morgan fingerprint density at radius 2 is 0.477 bits per heavy atom. The summed E-state index contributed by atoms with van der Waals surface area (Å²) in [5.74, 6) is -0.442. The fourth-order valence-corrected chi connectivity index (χ4v) is 15.3. The number of hydrogen-bond acceptors (Lipinski definition) is 15. The molecule has 0 aromatic rings. The molecule has 0 saturated heterocycles. The summed E-state index contributed by atoms with van der Waals surface area (Å²) < 4.78 is 68.9. The topological polar surface area (TPSA) is 237 Å². The SMILES string of the molecule is CCCCCCCCCCCCCCCCCCCCCC(=O)OC[C@H](COP(=O)(O)OC[C@@H](O)COP(=O)(O)OC[C@@H](COC(=O)CCCCCCCCCCCC)OC(=O)CCCCCCCCCCCCCCCC(C)C)OC(=O)CCCCCCCCCCCCCCCCCCCCC(C)CC. The molecule has 0 rings (SSSR count). The predicted octanol–water partition coefficient (Wildman–Crippen LogP) is 27.0. The molecule has 0 aromatic heterocycles. The van der Waals surface area contributed by atoms with Crippen molar-refractivity contribution in [1.82, 2.24) is 0 Å². The van der Waals surface area contributed by atoms with E-state index in [-0.39, 0.29) is 25.7 Å². The number of phosphoric acid groups is 2. The van der Waals surface area contributed by atoms with Crippen LogP contribution in [0.2, 0.25) is 0 Å². The molecule has 3 N–H and O–H groups in total. The van der Waals surface area contributed by atoms with E-state index in [2.05, 4.69) is 41.5 Å². The first-order valence-corrected chi connectivity index (χ1v) is 48.5. The van der Waals surface area contributed by atoms with Crippen LogP contribution >= 0.6 is 15.6 Å². The fraction of sp³-hybridized carbons (Fsp3) is 0.955. The average Bonchev–Trinajstić information content (AvgIpc) is 0.902. The van der Waals surface area contributed by atoms with E-state index in [4.69, 9.17) is 37.0 Å². The van der Waals surface area contributed by atoms with Gasteiger partial charge in [-0.1, -0.05) is 420 Å². The van der Waals surface area contributed by atoms with Gasteiger partial charge in [0, 0.05) is 25.7 Å². The van der Waals surface area contributed by atoms with Crippen LogP contribution in [0.15, 0.2) is 0 Å². The molecule has 0 saturated carbocycles. The first-order valence-electron chi connectivity index (χ1n) is 45.5. The quantitative estimate of drug-likeness (QED) is 0.0222. The van der Waals surface area contributed by atoms with Gasteiger partial charge in [0.25, 0.3) is 0 Å². The molecule has 0 aromatic carbocycles. The summed E-state index contributed by atoms with van der Waals surface area (Å²) in [6.07, 6.45) is 72.2. The van der Waals surface area contributed by atoms with E-state index < -0.39 is 97.5 Å². The van der Waals surface area contributed by atoms with Gasteiger partial charge >= 0.3 is 39.5 Å². The van der Waals surface area contributed by atoms with Crippen LogP contribution in [0, 0.1) is 11.8 Å². The zero-order chi connectivity index (χ0) is 78.5. The standard InChI is InChI=1S/C88H172O17P2/c1-7-10-12-14-16-18-20-21-22-23-24-28-31-36-41-47-53-59-65-71-86(91)99-77-84(105-87(92)72-66-60-54-48-42-37-32-29-26-25-27-30-35-40-45-51-57-63-69-81(6)9-3)79-103-107(96,97)101-75-82(89)74-100-106(94,95)102-78-83(76-98-85(90)70-64-58-52-46-19-17-15-13-11-8-2)104-88(93)73-67-61-55-49-43-38-33-34-39-44-50-56-62-68-80(4)5/h80-84,89H,7-79H2,1-6H3,(H,94,95)(H,96,97)/t81?,82-,83+,84+/m0/s1. The number of phosphoric ester groups is 2. The Balaban J connectivity index is 5.22. The highest BCUT2D eigenvalue weighted by Gasteiger charge is 2.31. The lowest BCUT2D eigenvalue weighted by Crippen LogP contribution is -2.30. The summed E-state index contributed by atoms with van der Waals surface area (Å²) in [5, 5.41) is 10.7. The lowest BCUT2D eigenvalue weighted by atomic mass is 9.99. The smallest absolute Gasteiger partial charge is 0.462 e. The molecule has 17 nitrogen and oxygen atoms in total. The second-order valence-electron chi connectivity index (χ2n) is 32.4. The zero-order valence-corrected chi connectivity index (χ0v) is 72.2. The van der Waals surface area contributed by atoms with Gasteiger partial charge in [-0.05, 0) is 37.5 Å². The normalized spacial score (nSPS) is 14.0. The van der Waals surface area contributed by atoms with Gasteiger partial charge in [-0.15, -0.1) is 0 Å². The molecule has 0 amide bonds. The van der Waals surface area contributed by atoms with Gasteiger partial charge in [-0.25, -0.2) is 9.13 Å². The van der Waals surface area contributed by atoms with E-state index in [0.29, 0.717) is 25.7 Å². The number of aliphatic hydroxyl groups is 1. The summed E-state index contributed by atoms with van der Waals surface area (Å²) in [4.78, 5) is 73.3. The Hall–Kier alpha value is -1.94. The van der Waals surface area contributed by atoms with E-state index >= 15 is 0 Å². The molecule has 0 spiro atoms. The summed E-state index contributed by atoms with van der Waals surface area (Å²) in [6.45, 7) is 9.76. The molecule has 0 heterocycles. The first kappa shape index (κ1) is 105. The maximum atomic E-state index is 13.2. The third-order valence-corrected chi connectivity index (χ3v) is 23.0. The summed E-state index contributed by atoms with van der Waals surface area (Å²) >= 11 is 0. The number of aliphatic hydroxyl groups excluding tert-OH is 1. The Labute approximate surface area is 658 Å². The molecule has 3 unspecified atom stereocenters. The number of esters is 4. The van der Waals surface area contributed by atoms with Crippen LogP contribution in [0.25, 0.3) is 0 Å². The van der Waals surface area contributed by atoms with Gasteiger partial charge in [0.1, 0.15) is 19.3 Å². The molecular weight excluding hydrogens is 1390 g/mol. The van der Waals surface area contributed by atoms with Crippen LogP contribution < -0.4 is 0 Å². The molecule has 0 aliphatic heterocycles. The highest BCUT2D eigenvalue weighted by molar-refractivity contribution is 7.47. The number of hydrogen-bond donors (Lipinski definition) is 3. The molecule has 0 fully saturated rings. The van der Waals surface area contributed by atoms with Crippen molar-refractivity contribution in [2.75, 3.05) is 39.6 Å². The van der Waals surface area contributed by atoms with Crippen LogP contribution in [-0.2, 0) is 65.4 Å². The van der Waals surface area contributed by atoms with Crippen molar-refractivity contribution in [3.63, 3.8) is 0 Å². The first-order chi connectivity index (χ1) is 51.9. The van der Waals surface area contributed by atoms with Gasteiger partial charge in [-0.3, -0.25) is 37.3 Å². The zero-order valence-electron chi connectivity index (χ0n) is 70.5. The van der Waals surface area contributed by atoms with Gasteiger partial charge in [-0.2, -0.15) is 0 Å². The molecular formula is C88H172O17P2. The minimum atomic E-state index is -4.97. The van der Waals surface area contributed by atoms with E-state index in [9.17, 15) is 43.2 Å². The minimum Gasteiger partial charge on any atom is -0.462 e. The van der Waals surface area contributed by atoms with Crippen molar-refractivity contribution in [1.29, 1.82) is 0 Å². The molecule has 636 valence electrons. The summed E-state index contributed by atoms with van der Waals surface area (Å²) in [5.41, 5.74) is 0. The van der Waals surface area contributed by atoms with Crippen molar-refractivity contribution in [2.45, 2.75) is 490 Å². The van der Waals surface area contributed by atoms with Crippen LogP contribution in [0.3, 0.4) is 0 Å². The Morgan fingerprint density at radius 1 is 0.271 bits per heavy atom. The van der Waals surface area contributed by atoms with Crippen molar-refractivity contribution in [3.8, 4) is 0 Å². The lowest BCUT2D eigenvalue weighted by Gasteiger charge is -2.21. The number of carbonyl (C=O) groups excluding carboxylic acids is 4. The van der Waals surface area contributed by atoms with E-state index in [1.807, 2.05) is 0 Å². The highest BCUT2D eigenvalue weighted by Crippen LogP contribution is 2.45. The number of unbranched alkanes of at least 4 members (excludes halogenated alkanes) is 56. The second kappa shape index (κ2) is 79.3. The fourth-order valence-electron chi connectivity index (χ4n) is 13.7. The Bertz CT molecular complexity index is 2050. The highest BCUT2D eigenvalue weighted by atomic mass is 31.2. The summed E-state index contributed by atoms with van der Waals surface area (Å²) in [6, 6.07) is 0. The van der Waals surface area contributed by atoms with Crippen molar-refractivity contribution >= 4 is 39.5 Å². The van der Waals surface area contributed by atoms with Crippen LogP contribution in [0.4, 0.5) is 0 Å². The lowest BCUT2D eigenvalue weighted by molar-refractivity contribution is -0.161. The Kier molecular flexibility index (Phi) is 77.9. The second-order valence-corrected chi connectivity index (χ2v) is 35.3. The van der Waals surface area contributed by atoms with Crippen molar-refractivity contribution in [2.24, 2.45) is 11.8 Å². The maximum absolute atomic E-state index is 13.2. The van der Waals surface area contributed by atoms with Crippen molar-refractivity contribution in [3.05, 3.63) is 0 Å². The molecule has 0 radical (unpaired) electrons. The van der Waals surface area contributed by atoms with Crippen LogP contribution in [0.5, 0.6) is 0 Å². The maximum Gasteiger partial charge on any atom is 0.472 e. The largest absolute Gasteiger partial charge is 0.472 e. The van der Waals surface area contributed by atoms with Crippen LogP contribution in [0.1, 0.15) is 472 Å². The van der Waals surface area contributed by atoms with Crippen molar-refractivity contribution < 1.29 is 80.2 Å². The van der Waals surface area contributed by atoms with E-state index in [0.717, 1.165) is 102 Å². The van der Waals surface area contributed by atoms with Gasteiger partial charge in [0.2, 0.25) is 0 Å². The van der Waals surface area contributed by atoms with Crippen LogP contribution in [-0.4, -0.2) is 96.7 Å². The molecule has 19 heteroatoms. The summed E-state index contributed by atoms with van der Waals surface area (Å²) in [7, 11) is -9.93. The minimum absolute atomic E-state index is 0.108. The molecule has 6 atom stereocenters. The van der Waals surface area contributed by atoms with E-state index in [1.165, 1.54) is 289 Å². The molecule has 107 heavy (non-hydrogen) atoms. The Morgan fingerprint density at radius 3 is 0.710 bits per heavy atom. The van der Waals surface area contributed by atoms with E-state index in [1.54, 1.807) is 0 Å². The third-order valence-electron chi connectivity index (χ3n) is 21.1. The number of ether oxygens (including phenoxy) is 4. The monoisotopic (exact) mass is 1560 g/mol. The van der Waals surface area contributed by atoms with Gasteiger partial charge in [0.15, 0.2) is 12.2 Å². The molecule has 0 bridgehead atoms. The predicted molar refractivity (Wildman–Crippen MR) is 442 cm³/mol. The molecule has 0 aliphatic carbocycles. The number of rotatable bonds is 87. The number of carbonyl (C=O) groups is 4. The molecule has 0 aliphatic rings. The average molecular weight is 1560 g/mol.